The number of rotatable bonds is 7. The predicted molar refractivity (Wildman–Crippen MR) is 121 cm³/mol. The third-order valence-corrected chi connectivity index (χ3v) is 6.10. The fraction of sp³-hybridized carbons (Fsp3) is 0.500. The molecular formula is C22H26F3N7O3. The average molecular weight is 493 g/mol. The van der Waals surface area contributed by atoms with Crippen LogP contribution in [0.25, 0.3) is 10.9 Å². The van der Waals surface area contributed by atoms with Gasteiger partial charge in [-0.2, -0.15) is 18.3 Å². The van der Waals surface area contributed by atoms with Crippen molar-refractivity contribution in [2.75, 3.05) is 44.3 Å². The Hall–Kier alpha value is -3.48. The van der Waals surface area contributed by atoms with Crippen LogP contribution < -0.4 is 10.5 Å². The summed E-state index contributed by atoms with van der Waals surface area (Å²) in [6.45, 7) is 5.83. The second kappa shape index (κ2) is 10.0. The Balaban J connectivity index is 1.22. The van der Waals surface area contributed by atoms with Crippen molar-refractivity contribution in [2.24, 2.45) is 0 Å². The molecule has 35 heavy (non-hydrogen) atoms. The number of piperazine rings is 1. The quantitative estimate of drug-likeness (QED) is 0.503. The van der Waals surface area contributed by atoms with Gasteiger partial charge in [-0.05, 0) is 25.8 Å². The zero-order valence-electron chi connectivity index (χ0n) is 19.4. The third-order valence-electron chi connectivity index (χ3n) is 6.10. The summed E-state index contributed by atoms with van der Waals surface area (Å²) in [4.78, 5) is 35.5. The van der Waals surface area contributed by atoms with Gasteiger partial charge in [0.2, 0.25) is 11.9 Å². The van der Waals surface area contributed by atoms with E-state index in [0.717, 1.165) is 23.5 Å². The number of hydrogen-bond donors (Lipinski definition) is 1. The zero-order valence-corrected chi connectivity index (χ0v) is 19.4. The summed E-state index contributed by atoms with van der Waals surface area (Å²) in [7, 11) is 0. The molecule has 1 N–H and O–H groups in total. The summed E-state index contributed by atoms with van der Waals surface area (Å²) >= 11 is 0. The van der Waals surface area contributed by atoms with Crippen LogP contribution in [0.15, 0.2) is 29.6 Å². The molecule has 1 fully saturated rings. The van der Waals surface area contributed by atoms with Crippen molar-refractivity contribution in [3.8, 4) is 0 Å². The lowest BCUT2D eigenvalue weighted by molar-refractivity contribution is -0.138. The van der Waals surface area contributed by atoms with E-state index in [9.17, 15) is 22.8 Å². The second-order valence-electron chi connectivity index (χ2n) is 8.51. The minimum Gasteiger partial charge on any atom is -0.372 e. The first-order valence-electron chi connectivity index (χ1n) is 11.2. The number of H-pyrrole nitrogens is 1. The van der Waals surface area contributed by atoms with Gasteiger partial charge in [-0.3, -0.25) is 9.59 Å². The van der Waals surface area contributed by atoms with E-state index in [-0.39, 0.29) is 30.1 Å². The molecule has 1 unspecified atom stereocenters. The molecule has 0 aliphatic carbocycles. The summed E-state index contributed by atoms with van der Waals surface area (Å²) in [5, 5.41) is 6.94. The lowest BCUT2D eigenvalue weighted by Crippen LogP contribution is -2.50. The maximum atomic E-state index is 12.7. The molecule has 4 rings (SSSR count). The number of aromatic amines is 1. The van der Waals surface area contributed by atoms with Crippen molar-refractivity contribution in [3.63, 3.8) is 0 Å². The van der Waals surface area contributed by atoms with Crippen LogP contribution in [0.1, 0.15) is 30.5 Å². The second-order valence-corrected chi connectivity index (χ2v) is 8.51. The molecule has 1 saturated heterocycles. The number of fused-ring (bicyclic) bond motifs is 1. The van der Waals surface area contributed by atoms with Crippen LogP contribution in [0.3, 0.4) is 0 Å². The van der Waals surface area contributed by atoms with Gasteiger partial charge in [-0.25, -0.2) is 15.1 Å². The highest BCUT2D eigenvalue weighted by atomic mass is 19.4. The Morgan fingerprint density at radius 3 is 2.51 bits per heavy atom. The Kier molecular flexibility index (Phi) is 7.05. The third kappa shape index (κ3) is 5.45. The molecule has 3 aromatic heterocycles. The number of hydrogen-bond acceptors (Lipinski definition) is 7. The standard InChI is InChI=1S/C22H26F3N7O3/c1-14-12-32(17-11-28-29-20(34)19(14)17)15(2)3-8-35-13-18(33)30-4-6-31(7-5-30)21-26-9-16(10-27-21)22(23,24)25/h9-12,15H,3-8,13H2,1-2H3,(H,29,34). The number of aromatic nitrogens is 5. The van der Waals surface area contributed by atoms with E-state index in [1.54, 1.807) is 16.0 Å². The van der Waals surface area contributed by atoms with E-state index in [0.29, 0.717) is 44.6 Å². The van der Waals surface area contributed by atoms with E-state index in [2.05, 4.69) is 20.2 Å². The number of aryl methyl sites for hydroxylation is 1. The van der Waals surface area contributed by atoms with Crippen LogP contribution in [0.5, 0.6) is 0 Å². The summed E-state index contributed by atoms with van der Waals surface area (Å²) in [5.74, 6) is 0.0592. The fourth-order valence-corrected chi connectivity index (χ4v) is 4.10. The molecule has 0 saturated carbocycles. The van der Waals surface area contributed by atoms with Gasteiger partial charge in [0.1, 0.15) is 6.61 Å². The maximum absolute atomic E-state index is 12.7. The lowest BCUT2D eigenvalue weighted by atomic mass is 10.2. The molecule has 1 aliphatic rings. The van der Waals surface area contributed by atoms with Crippen molar-refractivity contribution >= 4 is 22.8 Å². The molecule has 0 aromatic carbocycles. The Labute approximate surface area is 198 Å². The number of halogens is 3. The lowest BCUT2D eigenvalue weighted by Gasteiger charge is -2.34. The molecule has 13 heteroatoms. The van der Waals surface area contributed by atoms with Gasteiger partial charge in [0.25, 0.3) is 5.56 Å². The van der Waals surface area contributed by atoms with Gasteiger partial charge in [-0.1, -0.05) is 0 Å². The molecule has 0 radical (unpaired) electrons. The highest BCUT2D eigenvalue weighted by Gasteiger charge is 2.32. The Morgan fingerprint density at radius 1 is 1.17 bits per heavy atom. The van der Waals surface area contributed by atoms with E-state index in [4.69, 9.17) is 4.74 Å². The van der Waals surface area contributed by atoms with E-state index in [1.807, 2.05) is 24.6 Å². The van der Waals surface area contributed by atoms with E-state index < -0.39 is 11.7 Å². The molecule has 1 aliphatic heterocycles. The Morgan fingerprint density at radius 2 is 1.86 bits per heavy atom. The minimum absolute atomic E-state index is 0.0391. The number of amides is 1. The fourth-order valence-electron chi connectivity index (χ4n) is 4.10. The average Bonchev–Trinajstić information content (AvgIpc) is 3.19. The number of carbonyl (C=O) groups excluding carboxylic acids is 1. The highest BCUT2D eigenvalue weighted by molar-refractivity contribution is 5.82. The number of anilines is 1. The first-order valence-corrected chi connectivity index (χ1v) is 11.2. The van der Waals surface area contributed by atoms with Gasteiger partial charge < -0.3 is 19.1 Å². The largest absolute Gasteiger partial charge is 0.419 e. The normalized spacial score (nSPS) is 15.6. The molecule has 1 amide bonds. The van der Waals surface area contributed by atoms with Crippen molar-refractivity contribution in [1.82, 2.24) is 29.6 Å². The van der Waals surface area contributed by atoms with Crippen molar-refractivity contribution in [3.05, 3.63) is 46.3 Å². The van der Waals surface area contributed by atoms with Gasteiger partial charge in [0.15, 0.2) is 0 Å². The molecule has 188 valence electrons. The van der Waals surface area contributed by atoms with E-state index >= 15 is 0 Å². The first kappa shape index (κ1) is 24.6. The topological polar surface area (TPSA) is 109 Å². The van der Waals surface area contributed by atoms with Gasteiger partial charge in [0, 0.05) is 57.4 Å². The monoisotopic (exact) mass is 493 g/mol. The molecule has 4 heterocycles. The summed E-state index contributed by atoms with van der Waals surface area (Å²) < 4.78 is 45.6. The number of alkyl halides is 3. The van der Waals surface area contributed by atoms with Crippen LogP contribution in [-0.2, 0) is 15.7 Å². The maximum Gasteiger partial charge on any atom is 0.419 e. The molecule has 0 bridgehead atoms. The van der Waals surface area contributed by atoms with Gasteiger partial charge >= 0.3 is 6.18 Å². The minimum atomic E-state index is -4.48. The smallest absolute Gasteiger partial charge is 0.372 e. The van der Waals surface area contributed by atoms with E-state index in [1.165, 1.54) is 0 Å². The van der Waals surface area contributed by atoms with Gasteiger partial charge in [0.05, 0.1) is 22.7 Å². The number of nitrogens with one attached hydrogen (secondary N) is 1. The predicted octanol–water partition coefficient (Wildman–Crippen LogP) is 2.16. The SMILES string of the molecule is Cc1cn(C(C)CCOCC(=O)N2CCN(c3ncc(C(F)(F)F)cn3)CC2)c2cn[nH]c(=O)c12. The number of nitrogens with zero attached hydrogens (tertiary/aromatic N) is 6. The van der Waals surface area contributed by atoms with Crippen LogP contribution in [-0.4, -0.2) is 74.9 Å². The number of carbonyl (C=O) groups is 1. The van der Waals surface area contributed by atoms with Crippen LogP contribution in [0.4, 0.5) is 19.1 Å². The van der Waals surface area contributed by atoms with Crippen molar-refractivity contribution in [2.45, 2.75) is 32.5 Å². The molecule has 1 atom stereocenters. The number of ether oxygens (including phenoxy) is 1. The highest BCUT2D eigenvalue weighted by Crippen LogP contribution is 2.28. The molecule has 0 spiro atoms. The van der Waals surface area contributed by atoms with Crippen LogP contribution in [0.2, 0.25) is 0 Å². The van der Waals surface area contributed by atoms with Crippen molar-refractivity contribution < 1.29 is 22.7 Å². The van der Waals surface area contributed by atoms with Crippen LogP contribution in [0, 0.1) is 6.92 Å². The summed E-state index contributed by atoms with van der Waals surface area (Å²) in [6.07, 6.45) is 1.23. The first-order chi connectivity index (χ1) is 16.6. The van der Waals surface area contributed by atoms with Crippen LogP contribution >= 0.6 is 0 Å². The Bertz CT molecular complexity index is 1230. The molecular weight excluding hydrogens is 467 g/mol. The van der Waals surface area contributed by atoms with Gasteiger partial charge in [-0.15, -0.1) is 0 Å². The van der Waals surface area contributed by atoms with Crippen molar-refractivity contribution in [1.29, 1.82) is 0 Å². The summed E-state index contributed by atoms with van der Waals surface area (Å²) in [5.41, 5.74) is 0.502. The zero-order chi connectivity index (χ0) is 25.2. The molecule has 10 nitrogen and oxygen atoms in total. The molecule has 3 aromatic rings. The summed E-state index contributed by atoms with van der Waals surface area (Å²) in [6, 6.07) is 0.0391.